The average molecular weight is 464 g/mol. The zero-order valence-corrected chi connectivity index (χ0v) is 19.0. The molecule has 1 atom stereocenters. The van der Waals surface area contributed by atoms with Gasteiger partial charge in [-0.25, -0.2) is 0 Å². The highest BCUT2D eigenvalue weighted by atomic mass is 32.2. The van der Waals surface area contributed by atoms with Crippen molar-refractivity contribution >= 4 is 40.5 Å². The van der Waals surface area contributed by atoms with Crippen LogP contribution in [0.1, 0.15) is 5.56 Å². The molecule has 3 N–H and O–H groups in total. The van der Waals surface area contributed by atoms with E-state index in [4.69, 9.17) is 14.9 Å². The monoisotopic (exact) mass is 463 g/mol. The highest BCUT2D eigenvalue weighted by Crippen LogP contribution is 2.27. The normalized spacial score (nSPS) is 11.9. The first-order valence-electron chi connectivity index (χ1n) is 10.5. The van der Waals surface area contributed by atoms with Crippen molar-refractivity contribution in [3.8, 4) is 5.75 Å². The van der Waals surface area contributed by atoms with Crippen molar-refractivity contribution in [2.45, 2.75) is 16.6 Å². The van der Waals surface area contributed by atoms with Crippen LogP contribution in [-0.2, 0) is 11.2 Å². The fourth-order valence-corrected chi connectivity index (χ4v) is 4.24. The van der Waals surface area contributed by atoms with E-state index in [0.29, 0.717) is 31.3 Å². The lowest BCUT2D eigenvalue weighted by molar-refractivity contribution is -0.136. The first kappa shape index (κ1) is 22.5. The van der Waals surface area contributed by atoms with Crippen LogP contribution >= 0.6 is 11.8 Å². The minimum absolute atomic E-state index is 0.408. The number of nitrogens with two attached hydrogens (primary N) is 1. The van der Waals surface area contributed by atoms with E-state index in [-0.39, 0.29) is 0 Å². The van der Waals surface area contributed by atoms with Gasteiger partial charge in [-0.05, 0) is 60.5 Å². The maximum Gasteiger partial charge on any atom is 0.317 e. The quantitative estimate of drug-likeness (QED) is 0.257. The third-order valence-electron chi connectivity index (χ3n) is 5.08. The Hall–Kier alpha value is -3.65. The van der Waals surface area contributed by atoms with Crippen LogP contribution in [-0.4, -0.2) is 41.5 Å². The maximum absolute atomic E-state index is 11.7. The first-order valence-corrected chi connectivity index (χ1v) is 11.4. The van der Waals surface area contributed by atoms with Gasteiger partial charge >= 0.3 is 5.97 Å². The number of nitrogens with zero attached hydrogens (tertiary/aromatic N) is 2. The molecule has 1 aromatic heterocycles. The second kappa shape index (κ2) is 10.3. The molecule has 170 valence electrons. The fraction of sp³-hybridized carbons (Fsp3) is 0.200. The smallest absolute Gasteiger partial charge is 0.317 e. The SMILES string of the molecule is CN(CCOc1ccc(CC(Sc2ccc(N)cc2)C(=O)O)cc1)c1nc2ccccc2o1. The number of aromatic nitrogens is 1. The molecule has 0 amide bonds. The lowest BCUT2D eigenvalue weighted by atomic mass is 10.1. The number of anilines is 2. The molecule has 0 spiro atoms. The number of oxazole rings is 1. The molecule has 4 rings (SSSR count). The lowest BCUT2D eigenvalue weighted by Gasteiger charge is -2.15. The van der Waals surface area contributed by atoms with Crippen molar-refractivity contribution in [1.82, 2.24) is 4.98 Å². The molecule has 0 bridgehead atoms. The summed E-state index contributed by atoms with van der Waals surface area (Å²) in [5.74, 6) is -0.123. The lowest BCUT2D eigenvalue weighted by Crippen LogP contribution is -2.24. The number of aliphatic carboxylic acids is 1. The molecule has 33 heavy (non-hydrogen) atoms. The van der Waals surface area contributed by atoms with E-state index in [1.807, 2.05) is 72.6 Å². The number of carboxylic acid groups (broad SMARTS) is 1. The van der Waals surface area contributed by atoms with Crippen LogP contribution < -0.4 is 15.4 Å². The molecule has 0 saturated carbocycles. The van der Waals surface area contributed by atoms with E-state index in [9.17, 15) is 9.90 Å². The summed E-state index contributed by atoms with van der Waals surface area (Å²) in [6.45, 7) is 1.06. The van der Waals surface area contributed by atoms with Gasteiger partial charge in [-0.1, -0.05) is 24.3 Å². The zero-order chi connectivity index (χ0) is 23.2. The van der Waals surface area contributed by atoms with Gasteiger partial charge in [-0.2, -0.15) is 4.98 Å². The Morgan fingerprint density at radius 1 is 1.12 bits per heavy atom. The molecular weight excluding hydrogens is 438 g/mol. The minimum Gasteiger partial charge on any atom is -0.492 e. The van der Waals surface area contributed by atoms with Crippen molar-refractivity contribution in [1.29, 1.82) is 0 Å². The second-order valence-electron chi connectivity index (χ2n) is 7.60. The van der Waals surface area contributed by atoms with E-state index >= 15 is 0 Å². The van der Waals surface area contributed by atoms with Gasteiger partial charge in [0.1, 0.15) is 23.1 Å². The van der Waals surface area contributed by atoms with Crippen LogP contribution in [0, 0.1) is 0 Å². The molecule has 1 unspecified atom stereocenters. The summed E-state index contributed by atoms with van der Waals surface area (Å²) in [5.41, 5.74) is 8.87. The number of hydrogen-bond donors (Lipinski definition) is 2. The molecule has 0 aliphatic heterocycles. The number of likely N-dealkylation sites (N-methyl/N-ethyl adjacent to an activating group) is 1. The molecule has 0 radical (unpaired) electrons. The Kier molecular flexibility index (Phi) is 7.04. The van der Waals surface area contributed by atoms with Crippen LogP contribution in [0.15, 0.2) is 82.1 Å². The standard InChI is InChI=1S/C25H25N3O4S/c1-28(25-27-21-4-2-3-5-22(21)32-25)14-15-31-19-10-6-17(7-11-19)16-23(24(29)30)33-20-12-8-18(26)9-13-20/h2-13,23H,14-16,26H2,1H3,(H,29,30). The third-order valence-corrected chi connectivity index (χ3v) is 6.28. The summed E-state index contributed by atoms with van der Waals surface area (Å²) >= 11 is 1.31. The van der Waals surface area contributed by atoms with E-state index in [0.717, 1.165) is 27.3 Å². The molecule has 1 heterocycles. The predicted octanol–water partition coefficient (Wildman–Crippen LogP) is 4.71. The number of benzene rings is 3. The number of fused-ring (bicyclic) bond motifs is 1. The highest BCUT2D eigenvalue weighted by Gasteiger charge is 2.19. The summed E-state index contributed by atoms with van der Waals surface area (Å²) in [4.78, 5) is 19.0. The van der Waals surface area contributed by atoms with Gasteiger partial charge in [0.05, 0.1) is 6.54 Å². The van der Waals surface area contributed by atoms with Crippen LogP contribution in [0.5, 0.6) is 5.75 Å². The molecule has 3 aromatic carbocycles. The Balaban J connectivity index is 1.29. The molecule has 0 fully saturated rings. The van der Waals surface area contributed by atoms with Crippen molar-refractivity contribution in [2.24, 2.45) is 0 Å². The summed E-state index contributed by atoms with van der Waals surface area (Å²) in [6, 6.07) is 22.9. The second-order valence-corrected chi connectivity index (χ2v) is 8.87. The van der Waals surface area contributed by atoms with Gasteiger partial charge in [0.15, 0.2) is 5.58 Å². The summed E-state index contributed by atoms with van der Waals surface area (Å²) in [5, 5.41) is 9.03. The number of ether oxygens (including phenoxy) is 1. The van der Waals surface area contributed by atoms with E-state index < -0.39 is 11.2 Å². The van der Waals surface area contributed by atoms with Crippen LogP contribution in [0.3, 0.4) is 0 Å². The summed E-state index contributed by atoms with van der Waals surface area (Å²) < 4.78 is 11.6. The Morgan fingerprint density at radius 2 is 1.85 bits per heavy atom. The van der Waals surface area contributed by atoms with Gasteiger partial charge in [0.25, 0.3) is 6.01 Å². The van der Waals surface area contributed by atoms with Gasteiger partial charge < -0.3 is 24.9 Å². The molecule has 0 aliphatic rings. The molecular formula is C25H25N3O4S. The number of carboxylic acids is 1. The zero-order valence-electron chi connectivity index (χ0n) is 18.2. The number of nitrogen functional groups attached to an aromatic ring is 1. The topological polar surface area (TPSA) is 102 Å². The third kappa shape index (κ3) is 5.98. The number of rotatable bonds is 10. The Morgan fingerprint density at radius 3 is 2.55 bits per heavy atom. The maximum atomic E-state index is 11.7. The van der Waals surface area contributed by atoms with E-state index in [1.165, 1.54) is 11.8 Å². The van der Waals surface area contributed by atoms with Crippen LogP contribution in [0.25, 0.3) is 11.1 Å². The highest BCUT2D eigenvalue weighted by molar-refractivity contribution is 8.00. The molecule has 0 saturated heterocycles. The molecule has 4 aromatic rings. The van der Waals surface area contributed by atoms with Crippen molar-refractivity contribution in [3.63, 3.8) is 0 Å². The van der Waals surface area contributed by atoms with Gasteiger partial charge in [-0.3, -0.25) is 4.79 Å². The molecule has 0 aliphatic carbocycles. The van der Waals surface area contributed by atoms with Crippen LogP contribution in [0.2, 0.25) is 0 Å². The summed E-state index contributed by atoms with van der Waals surface area (Å²) in [7, 11) is 1.90. The first-order chi connectivity index (χ1) is 16.0. The van der Waals surface area contributed by atoms with Gasteiger partial charge in [-0.15, -0.1) is 11.8 Å². The number of carbonyl (C=O) groups is 1. The average Bonchev–Trinajstić information content (AvgIpc) is 3.25. The number of thioether (sulfide) groups is 1. The van der Waals surface area contributed by atoms with E-state index in [2.05, 4.69) is 4.98 Å². The van der Waals surface area contributed by atoms with Crippen molar-refractivity contribution in [2.75, 3.05) is 30.8 Å². The predicted molar refractivity (Wildman–Crippen MR) is 131 cm³/mol. The fourth-order valence-electron chi connectivity index (χ4n) is 3.25. The van der Waals surface area contributed by atoms with Gasteiger partial charge in [0, 0.05) is 17.6 Å². The van der Waals surface area contributed by atoms with Crippen LogP contribution in [0.4, 0.5) is 11.7 Å². The van der Waals surface area contributed by atoms with E-state index in [1.54, 1.807) is 12.1 Å². The largest absolute Gasteiger partial charge is 0.492 e. The summed E-state index contributed by atoms with van der Waals surface area (Å²) in [6.07, 6.45) is 0.408. The molecule has 7 nitrogen and oxygen atoms in total. The Labute approximate surface area is 196 Å². The number of para-hydroxylation sites is 2. The Bertz CT molecular complexity index is 1180. The minimum atomic E-state index is -0.848. The van der Waals surface area contributed by atoms with Gasteiger partial charge in [0.2, 0.25) is 0 Å². The number of hydrogen-bond acceptors (Lipinski definition) is 7. The van der Waals surface area contributed by atoms with Crippen molar-refractivity contribution < 1.29 is 19.1 Å². The molecule has 8 heteroatoms. The van der Waals surface area contributed by atoms with Crippen molar-refractivity contribution in [3.05, 3.63) is 78.4 Å².